The molecule has 5 heteroatoms. The molecule has 1 amide bonds. The first kappa shape index (κ1) is 12.5. The lowest BCUT2D eigenvalue weighted by Gasteiger charge is -2.15. The summed E-state index contributed by atoms with van der Waals surface area (Å²) < 4.78 is 0. The maximum atomic E-state index is 11.8. The Morgan fingerprint density at radius 2 is 2.31 bits per heavy atom. The minimum absolute atomic E-state index is 0.0505. The van der Waals surface area contributed by atoms with Gasteiger partial charge in [-0.25, -0.2) is 0 Å². The summed E-state index contributed by atoms with van der Waals surface area (Å²) in [6, 6.07) is 3.03. The molecule has 0 bridgehead atoms. The van der Waals surface area contributed by atoms with Crippen molar-refractivity contribution in [2.45, 2.75) is 19.9 Å². The standard InChI is InChI=1S/C11H12ClN3O/c1-7(2)10(5-13)15-11(16)8-3-4-14-6-9(8)12/h3-4,6-7,10H,1-2H3,(H,15,16). The fourth-order valence-corrected chi connectivity index (χ4v) is 1.33. The second-order valence-electron chi connectivity index (χ2n) is 3.68. The Hall–Kier alpha value is -1.60. The van der Waals surface area contributed by atoms with Crippen molar-refractivity contribution in [1.82, 2.24) is 10.3 Å². The average molecular weight is 238 g/mol. The second-order valence-corrected chi connectivity index (χ2v) is 4.09. The molecule has 1 aromatic heterocycles. The van der Waals surface area contributed by atoms with Crippen molar-refractivity contribution in [1.29, 1.82) is 5.26 Å². The van der Waals surface area contributed by atoms with Crippen LogP contribution in [0.25, 0.3) is 0 Å². The number of aromatic nitrogens is 1. The van der Waals surface area contributed by atoms with E-state index in [9.17, 15) is 4.79 Å². The highest BCUT2D eigenvalue weighted by atomic mass is 35.5. The molecule has 0 fully saturated rings. The number of amides is 1. The molecule has 1 aromatic rings. The summed E-state index contributed by atoms with van der Waals surface area (Å²) in [4.78, 5) is 15.5. The molecule has 1 rings (SSSR count). The highest BCUT2D eigenvalue weighted by molar-refractivity contribution is 6.33. The van der Waals surface area contributed by atoms with Gasteiger partial charge >= 0.3 is 0 Å². The summed E-state index contributed by atoms with van der Waals surface area (Å²) in [7, 11) is 0. The smallest absolute Gasteiger partial charge is 0.253 e. The van der Waals surface area contributed by atoms with Crippen LogP contribution in [-0.2, 0) is 0 Å². The van der Waals surface area contributed by atoms with E-state index in [2.05, 4.69) is 10.3 Å². The van der Waals surface area contributed by atoms with Gasteiger partial charge in [0.2, 0.25) is 0 Å². The molecular formula is C11H12ClN3O. The molecule has 84 valence electrons. The summed E-state index contributed by atoms with van der Waals surface area (Å²) in [6.07, 6.45) is 2.88. The van der Waals surface area contributed by atoms with Gasteiger partial charge in [-0.05, 0) is 12.0 Å². The minimum Gasteiger partial charge on any atom is -0.336 e. The normalized spacial score (nSPS) is 11.9. The van der Waals surface area contributed by atoms with E-state index in [1.54, 1.807) is 0 Å². The Bertz CT molecular complexity index is 425. The van der Waals surface area contributed by atoms with Crippen LogP contribution in [0.5, 0.6) is 0 Å². The highest BCUT2D eigenvalue weighted by Gasteiger charge is 2.17. The van der Waals surface area contributed by atoms with Gasteiger partial charge in [0.25, 0.3) is 5.91 Å². The number of carbonyl (C=O) groups excluding carboxylic acids is 1. The fraction of sp³-hybridized carbons (Fsp3) is 0.364. The molecule has 1 atom stereocenters. The molecule has 0 aliphatic heterocycles. The van der Waals surface area contributed by atoms with Crippen LogP contribution in [0, 0.1) is 17.2 Å². The van der Waals surface area contributed by atoms with E-state index in [1.165, 1.54) is 18.5 Å². The number of halogens is 1. The minimum atomic E-state index is -0.517. The van der Waals surface area contributed by atoms with Crippen molar-refractivity contribution >= 4 is 17.5 Å². The van der Waals surface area contributed by atoms with Gasteiger partial charge in [-0.3, -0.25) is 9.78 Å². The van der Waals surface area contributed by atoms with Crippen LogP contribution in [0.15, 0.2) is 18.5 Å². The summed E-state index contributed by atoms with van der Waals surface area (Å²) in [6.45, 7) is 3.73. The fourth-order valence-electron chi connectivity index (χ4n) is 1.13. The lowest BCUT2D eigenvalue weighted by atomic mass is 10.1. The zero-order valence-electron chi connectivity index (χ0n) is 9.07. The Morgan fingerprint density at radius 3 is 2.81 bits per heavy atom. The Balaban J connectivity index is 2.81. The van der Waals surface area contributed by atoms with E-state index >= 15 is 0 Å². The van der Waals surface area contributed by atoms with Gasteiger partial charge in [0.05, 0.1) is 16.7 Å². The van der Waals surface area contributed by atoms with Crippen molar-refractivity contribution in [2.75, 3.05) is 0 Å². The Morgan fingerprint density at radius 1 is 1.62 bits per heavy atom. The van der Waals surface area contributed by atoms with Gasteiger partial charge < -0.3 is 5.32 Å². The summed E-state index contributed by atoms with van der Waals surface area (Å²) in [5.74, 6) is -0.304. The largest absolute Gasteiger partial charge is 0.336 e. The first-order chi connectivity index (χ1) is 7.56. The molecule has 1 N–H and O–H groups in total. The molecule has 0 saturated carbocycles. The molecule has 1 unspecified atom stereocenters. The van der Waals surface area contributed by atoms with E-state index in [1.807, 2.05) is 19.9 Å². The number of nitriles is 1. The van der Waals surface area contributed by atoms with Crippen molar-refractivity contribution in [3.8, 4) is 6.07 Å². The zero-order chi connectivity index (χ0) is 12.1. The number of hydrogen-bond acceptors (Lipinski definition) is 3. The number of rotatable bonds is 3. The zero-order valence-corrected chi connectivity index (χ0v) is 9.82. The molecule has 0 spiro atoms. The molecule has 0 aliphatic carbocycles. The van der Waals surface area contributed by atoms with Crippen molar-refractivity contribution < 1.29 is 4.79 Å². The molecule has 1 heterocycles. The van der Waals surface area contributed by atoms with Gasteiger partial charge in [-0.1, -0.05) is 25.4 Å². The lowest BCUT2D eigenvalue weighted by Crippen LogP contribution is -2.37. The molecule has 0 saturated heterocycles. The van der Waals surface area contributed by atoms with E-state index in [0.717, 1.165) is 0 Å². The van der Waals surface area contributed by atoms with Crippen molar-refractivity contribution in [3.63, 3.8) is 0 Å². The first-order valence-corrected chi connectivity index (χ1v) is 5.24. The molecular weight excluding hydrogens is 226 g/mol. The molecule has 0 aromatic carbocycles. The van der Waals surface area contributed by atoms with Gasteiger partial charge in [-0.15, -0.1) is 0 Å². The van der Waals surface area contributed by atoms with E-state index < -0.39 is 6.04 Å². The number of nitrogens with one attached hydrogen (secondary N) is 1. The van der Waals surface area contributed by atoms with Gasteiger partial charge in [0.1, 0.15) is 6.04 Å². The molecule has 0 aliphatic rings. The predicted molar refractivity (Wildman–Crippen MR) is 61.0 cm³/mol. The monoisotopic (exact) mass is 237 g/mol. The summed E-state index contributed by atoms with van der Waals surface area (Å²) in [5, 5.41) is 11.7. The lowest BCUT2D eigenvalue weighted by molar-refractivity contribution is 0.0937. The summed E-state index contributed by atoms with van der Waals surface area (Å²) >= 11 is 5.82. The topological polar surface area (TPSA) is 65.8 Å². The number of nitrogens with zero attached hydrogens (tertiary/aromatic N) is 2. The molecule has 4 nitrogen and oxygen atoms in total. The number of pyridine rings is 1. The van der Waals surface area contributed by atoms with Crippen LogP contribution < -0.4 is 5.32 Å². The SMILES string of the molecule is CC(C)C(C#N)NC(=O)c1ccncc1Cl. The van der Waals surface area contributed by atoms with Crippen LogP contribution in [-0.4, -0.2) is 16.9 Å². The number of hydrogen-bond donors (Lipinski definition) is 1. The maximum Gasteiger partial charge on any atom is 0.253 e. The maximum absolute atomic E-state index is 11.8. The third-order valence-electron chi connectivity index (χ3n) is 2.11. The quantitative estimate of drug-likeness (QED) is 0.875. The third kappa shape index (κ3) is 2.94. The highest BCUT2D eigenvalue weighted by Crippen LogP contribution is 2.13. The van der Waals surface area contributed by atoms with Crippen LogP contribution in [0.2, 0.25) is 5.02 Å². The van der Waals surface area contributed by atoms with Crippen molar-refractivity contribution in [2.24, 2.45) is 5.92 Å². The average Bonchev–Trinajstić information content (AvgIpc) is 2.25. The van der Waals surface area contributed by atoms with Gasteiger partial charge in [0, 0.05) is 12.4 Å². The number of carbonyl (C=O) groups is 1. The second kappa shape index (κ2) is 5.47. The Labute approximate surface area is 99.2 Å². The van der Waals surface area contributed by atoms with Crippen molar-refractivity contribution in [3.05, 3.63) is 29.0 Å². The van der Waals surface area contributed by atoms with Gasteiger partial charge in [0.15, 0.2) is 0 Å². The van der Waals surface area contributed by atoms with Crippen LogP contribution >= 0.6 is 11.6 Å². The van der Waals surface area contributed by atoms with Crippen LogP contribution in [0.1, 0.15) is 24.2 Å². The first-order valence-electron chi connectivity index (χ1n) is 4.86. The summed E-state index contributed by atoms with van der Waals surface area (Å²) in [5.41, 5.74) is 0.331. The van der Waals surface area contributed by atoms with Crippen LogP contribution in [0.4, 0.5) is 0 Å². The van der Waals surface area contributed by atoms with Crippen LogP contribution in [0.3, 0.4) is 0 Å². The van der Waals surface area contributed by atoms with E-state index in [0.29, 0.717) is 5.56 Å². The predicted octanol–water partition coefficient (Wildman–Crippen LogP) is 2.01. The van der Waals surface area contributed by atoms with E-state index in [4.69, 9.17) is 16.9 Å². The van der Waals surface area contributed by atoms with E-state index in [-0.39, 0.29) is 16.8 Å². The Kier molecular flexibility index (Phi) is 4.27. The third-order valence-corrected chi connectivity index (χ3v) is 2.41. The van der Waals surface area contributed by atoms with Gasteiger partial charge in [-0.2, -0.15) is 5.26 Å². The molecule has 0 radical (unpaired) electrons. The molecule has 16 heavy (non-hydrogen) atoms.